The normalized spacial score (nSPS) is 10.4. The van der Waals surface area contributed by atoms with Crippen molar-refractivity contribution in [3.63, 3.8) is 0 Å². The summed E-state index contributed by atoms with van der Waals surface area (Å²) in [6.45, 7) is 1.72. The molecule has 0 radical (unpaired) electrons. The molecule has 2 aromatic carbocycles. The van der Waals surface area contributed by atoms with Crippen molar-refractivity contribution in [2.24, 2.45) is 0 Å². The minimum atomic E-state index is -0.223. The van der Waals surface area contributed by atoms with Crippen LogP contribution in [0.25, 0.3) is 0 Å². The highest BCUT2D eigenvalue weighted by molar-refractivity contribution is 9.10. The summed E-state index contributed by atoms with van der Waals surface area (Å²) in [5.74, 6) is 1.18. The molecule has 1 nitrogen and oxygen atoms in total. The van der Waals surface area contributed by atoms with E-state index < -0.39 is 0 Å². The Morgan fingerprint density at radius 3 is 2.61 bits per heavy atom. The van der Waals surface area contributed by atoms with Crippen LogP contribution in [0.4, 0.5) is 4.39 Å². The van der Waals surface area contributed by atoms with Crippen LogP contribution in [-0.4, -0.2) is 0 Å². The lowest BCUT2D eigenvalue weighted by atomic mass is 10.2. The molecule has 0 heterocycles. The van der Waals surface area contributed by atoms with Gasteiger partial charge in [0.1, 0.15) is 17.3 Å². The van der Waals surface area contributed by atoms with Gasteiger partial charge in [-0.2, -0.15) is 0 Å². The molecule has 94 valence electrons. The van der Waals surface area contributed by atoms with Gasteiger partial charge >= 0.3 is 0 Å². The van der Waals surface area contributed by atoms with E-state index in [0.29, 0.717) is 16.6 Å². The number of benzene rings is 2. The van der Waals surface area contributed by atoms with E-state index in [1.54, 1.807) is 19.1 Å². The fourth-order valence-corrected chi connectivity index (χ4v) is 2.41. The molecular weight excluding hydrogens is 363 g/mol. The molecule has 0 aromatic heterocycles. The molecule has 0 fully saturated rings. The number of rotatable bonds is 3. The summed E-state index contributed by atoms with van der Waals surface area (Å²) in [6, 6.07) is 10.5. The first kappa shape index (κ1) is 13.6. The van der Waals surface area contributed by atoms with E-state index in [-0.39, 0.29) is 5.82 Å². The third-order valence-corrected chi connectivity index (χ3v) is 3.62. The first-order valence-corrected chi connectivity index (χ1v) is 7.30. The van der Waals surface area contributed by atoms with Gasteiger partial charge in [0.15, 0.2) is 0 Å². The molecule has 0 saturated heterocycles. The summed E-state index contributed by atoms with van der Waals surface area (Å²) < 4.78 is 19.9. The molecule has 0 N–H and O–H groups in total. The summed E-state index contributed by atoms with van der Waals surface area (Å²) >= 11 is 6.84. The topological polar surface area (TPSA) is 9.23 Å². The van der Waals surface area contributed by atoms with Crippen molar-refractivity contribution in [3.05, 3.63) is 57.8 Å². The van der Waals surface area contributed by atoms with E-state index in [2.05, 4.69) is 31.9 Å². The zero-order chi connectivity index (χ0) is 13.1. The minimum absolute atomic E-state index is 0.223. The van der Waals surface area contributed by atoms with Crippen molar-refractivity contribution >= 4 is 31.9 Å². The Kier molecular flexibility index (Phi) is 4.40. The lowest BCUT2D eigenvalue weighted by Gasteiger charge is -2.10. The predicted molar refractivity (Wildman–Crippen MR) is 78.0 cm³/mol. The molecule has 0 spiro atoms. The Bertz CT molecular complexity index is 570. The van der Waals surface area contributed by atoms with Gasteiger partial charge in [-0.05, 0) is 48.9 Å². The largest absolute Gasteiger partial charge is 0.457 e. The maximum absolute atomic E-state index is 13.2. The van der Waals surface area contributed by atoms with Gasteiger partial charge in [0, 0.05) is 15.4 Å². The van der Waals surface area contributed by atoms with Crippen molar-refractivity contribution in [1.82, 2.24) is 0 Å². The Morgan fingerprint density at radius 1 is 1.17 bits per heavy atom. The van der Waals surface area contributed by atoms with Gasteiger partial charge in [-0.1, -0.05) is 31.9 Å². The number of hydrogen-bond acceptors (Lipinski definition) is 1. The van der Waals surface area contributed by atoms with Crippen LogP contribution in [0, 0.1) is 12.7 Å². The maximum Gasteiger partial charge on any atom is 0.131 e. The standard InChI is InChI=1S/C14H11Br2FO/c1-9-6-12(3-4-13(9)17)18-14-5-2-11(16)7-10(14)8-15/h2-7H,8H2,1H3. The summed E-state index contributed by atoms with van der Waals surface area (Å²) in [5.41, 5.74) is 1.61. The predicted octanol–water partition coefficient (Wildman–Crippen LogP) is 5.58. The summed E-state index contributed by atoms with van der Waals surface area (Å²) in [7, 11) is 0. The maximum atomic E-state index is 13.2. The van der Waals surface area contributed by atoms with Gasteiger partial charge in [0.05, 0.1) is 0 Å². The number of alkyl halides is 1. The van der Waals surface area contributed by atoms with E-state index >= 15 is 0 Å². The highest BCUT2D eigenvalue weighted by Crippen LogP contribution is 2.30. The monoisotopic (exact) mass is 372 g/mol. The fraction of sp³-hybridized carbons (Fsp3) is 0.143. The lowest BCUT2D eigenvalue weighted by molar-refractivity contribution is 0.475. The van der Waals surface area contributed by atoms with E-state index in [0.717, 1.165) is 15.8 Å². The van der Waals surface area contributed by atoms with Crippen LogP contribution in [-0.2, 0) is 5.33 Å². The number of aryl methyl sites for hydroxylation is 1. The van der Waals surface area contributed by atoms with Crippen molar-refractivity contribution in [1.29, 1.82) is 0 Å². The highest BCUT2D eigenvalue weighted by Gasteiger charge is 2.06. The Labute approximate surface area is 122 Å². The molecule has 0 aliphatic heterocycles. The second kappa shape index (κ2) is 5.85. The van der Waals surface area contributed by atoms with E-state index in [1.807, 2.05) is 18.2 Å². The average Bonchev–Trinajstić information content (AvgIpc) is 2.36. The molecular formula is C14H11Br2FO. The quantitative estimate of drug-likeness (QED) is 0.637. The van der Waals surface area contributed by atoms with Crippen molar-refractivity contribution in [2.45, 2.75) is 12.3 Å². The summed E-state index contributed by atoms with van der Waals surface area (Å²) in [5, 5.41) is 0.696. The van der Waals surface area contributed by atoms with Crippen molar-refractivity contribution in [3.8, 4) is 11.5 Å². The van der Waals surface area contributed by atoms with Gasteiger partial charge in [-0.25, -0.2) is 4.39 Å². The molecule has 0 aliphatic carbocycles. The molecule has 0 atom stereocenters. The second-order valence-electron chi connectivity index (χ2n) is 3.90. The molecule has 0 saturated carbocycles. The smallest absolute Gasteiger partial charge is 0.131 e. The van der Waals surface area contributed by atoms with Gasteiger partial charge in [-0.15, -0.1) is 0 Å². The zero-order valence-corrected chi connectivity index (χ0v) is 12.9. The molecule has 0 bridgehead atoms. The van der Waals surface area contributed by atoms with E-state index in [9.17, 15) is 4.39 Å². The molecule has 2 aromatic rings. The first-order chi connectivity index (χ1) is 8.60. The summed E-state index contributed by atoms with van der Waals surface area (Å²) in [4.78, 5) is 0. The Morgan fingerprint density at radius 2 is 1.94 bits per heavy atom. The SMILES string of the molecule is Cc1cc(Oc2ccc(Br)cc2CBr)ccc1F. The molecule has 4 heteroatoms. The van der Waals surface area contributed by atoms with Crippen molar-refractivity contribution < 1.29 is 9.13 Å². The molecule has 0 unspecified atom stereocenters. The second-order valence-corrected chi connectivity index (χ2v) is 5.38. The van der Waals surface area contributed by atoms with Gasteiger partial charge in [0.2, 0.25) is 0 Å². The van der Waals surface area contributed by atoms with Gasteiger partial charge in [0.25, 0.3) is 0 Å². The summed E-state index contributed by atoms with van der Waals surface area (Å²) in [6.07, 6.45) is 0. The number of ether oxygens (including phenoxy) is 1. The Hall–Kier alpha value is -0.870. The Balaban J connectivity index is 2.30. The molecule has 18 heavy (non-hydrogen) atoms. The van der Waals surface area contributed by atoms with Crippen LogP contribution < -0.4 is 4.74 Å². The van der Waals surface area contributed by atoms with Crippen molar-refractivity contribution in [2.75, 3.05) is 0 Å². The minimum Gasteiger partial charge on any atom is -0.457 e. The van der Waals surface area contributed by atoms with Crippen LogP contribution in [0.1, 0.15) is 11.1 Å². The fourth-order valence-electron chi connectivity index (χ4n) is 1.56. The molecule has 0 aliphatic rings. The van der Waals surface area contributed by atoms with Crippen LogP contribution >= 0.6 is 31.9 Å². The van der Waals surface area contributed by atoms with Gasteiger partial charge in [-0.3, -0.25) is 0 Å². The third kappa shape index (κ3) is 3.12. The van der Waals surface area contributed by atoms with Crippen LogP contribution in [0.3, 0.4) is 0 Å². The zero-order valence-electron chi connectivity index (χ0n) is 9.71. The third-order valence-electron chi connectivity index (χ3n) is 2.52. The average molecular weight is 374 g/mol. The molecule has 2 rings (SSSR count). The van der Waals surface area contributed by atoms with E-state index in [1.165, 1.54) is 6.07 Å². The number of hydrogen-bond donors (Lipinski definition) is 0. The molecule has 0 amide bonds. The van der Waals surface area contributed by atoms with Gasteiger partial charge < -0.3 is 4.74 Å². The van der Waals surface area contributed by atoms with E-state index in [4.69, 9.17) is 4.74 Å². The highest BCUT2D eigenvalue weighted by atomic mass is 79.9. The van der Waals surface area contributed by atoms with Crippen LogP contribution in [0.15, 0.2) is 40.9 Å². The lowest BCUT2D eigenvalue weighted by Crippen LogP contribution is -1.91. The first-order valence-electron chi connectivity index (χ1n) is 5.38. The number of halogens is 3. The van der Waals surface area contributed by atoms with Crippen LogP contribution in [0.5, 0.6) is 11.5 Å². The van der Waals surface area contributed by atoms with Crippen LogP contribution in [0.2, 0.25) is 0 Å².